The van der Waals surface area contributed by atoms with E-state index in [9.17, 15) is 8.42 Å². The number of piperidine rings is 1. The first-order chi connectivity index (χ1) is 12.1. The fraction of sp³-hybridized carbons (Fsp3) is 0.316. The number of sulfonamides is 1. The van der Waals surface area contributed by atoms with Crippen LogP contribution in [0.4, 0.5) is 0 Å². The molecule has 0 radical (unpaired) electrons. The zero-order valence-corrected chi connectivity index (χ0v) is 15.0. The highest BCUT2D eigenvalue weighted by Gasteiger charge is 2.16. The minimum Gasteiger partial charge on any atom is -0.298 e. The topological polar surface area (TPSA) is 61.8 Å². The third-order valence-corrected chi connectivity index (χ3v) is 5.31. The van der Waals surface area contributed by atoms with E-state index >= 15 is 0 Å². The van der Waals surface area contributed by atoms with Crippen molar-refractivity contribution < 1.29 is 8.42 Å². The quantitative estimate of drug-likeness (QED) is 0.809. The Balaban J connectivity index is 1.49. The van der Waals surface area contributed by atoms with Crippen LogP contribution in [0.1, 0.15) is 24.0 Å². The smallest absolute Gasteiger partial charge is 0.251 e. The van der Waals surface area contributed by atoms with Gasteiger partial charge in [0, 0.05) is 38.2 Å². The number of likely N-dealkylation sites (tertiary alicyclic amines) is 1. The van der Waals surface area contributed by atoms with Crippen LogP contribution >= 0.6 is 0 Å². The van der Waals surface area contributed by atoms with E-state index in [1.165, 1.54) is 5.56 Å². The SMILES string of the molecule is O=S(=O)(Cc1ccccc1)NN=C1CCN(Cc2ccccc2)CC1. The van der Waals surface area contributed by atoms with Crippen molar-refractivity contribution in [1.29, 1.82) is 0 Å². The van der Waals surface area contributed by atoms with Crippen molar-refractivity contribution in [1.82, 2.24) is 9.73 Å². The Hall–Kier alpha value is -2.18. The van der Waals surface area contributed by atoms with E-state index in [0.717, 1.165) is 43.8 Å². The lowest BCUT2D eigenvalue weighted by atomic mass is 10.1. The Kier molecular flexibility index (Phi) is 5.83. The standard InChI is InChI=1S/C19H23N3O2S/c23-25(24,16-18-9-5-2-6-10-18)21-20-19-11-13-22(14-12-19)15-17-7-3-1-4-8-17/h1-10,21H,11-16H2. The van der Waals surface area contributed by atoms with E-state index in [1.807, 2.05) is 36.4 Å². The van der Waals surface area contributed by atoms with Crippen molar-refractivity contribution in [3.63, 3.8) is 0 Å². The summed E-state index contributed by atoms with van der Waals surface area (Å²) in [5.41, 5.74) is 2.97. The van der Waals surface area contributed by atoms with Crippen LogP contribution in [-0.2, 0) is 22.3 Å². The van der Waals surface area contributed by atoms with Crippen LogP contribution < -0.4 is 4.83 Å². The molecule has 0 atom stereocenters. The van der Waals surface area contributed by atoms with E-state index in [1.54, 1.807) is 12.1 Å². The maximum absolute atomic E-state index is 12.1. The van der Waals surface area contributed by atoms with E-state index < -0.39 is 10.0 Å². The lowest BCUT2D eigenvalue weighted by Gasteiger charge is -2.27. The third-order valence-electron chi connectivity index (χ3n) is 4.22. The summed E-state index contributed by atoms with van der Waals surface area (Å²) in [4.78, 5) is 4.75. The van der Waals surface area contributed by atoms with Gasteiger partial charge in [-0.15, -0.1) is 0 Å². The van der Waals surface area contributed by atoms with Gasteiger partial charge < -0.3 is 0 Å². The lowest BCUT2D eigenvalue weighted by Crippen LogP contribution is -2.34. The number of hydrogen-bond acceptors (Lipinski definition) is 4. The molecule has 0 bridgehead atoms. The molecule has 0 unspecified atom stereocenters. The molecule has 1 aliphatic rings. The van der Waals surface area contributed by atoms with Gasteiger partial charge in [-0.1, -0.05) is 60.7 Å². The molecule has 0 aliphatic carbocycles. The normalized spacial score (nSPS) is 15.8. The summed E-state index contributed by atoms with van der Waals surface area (Å²) in [5.74, 6) is -0.0508. The molecular weight excluding hydrogens is 334 g/mol. The van der Waals surface area contributed by atoms with Crippen molar-refractivity contribution in [2.75, 3.05) is 13.1 Å². The second-order valence-electron chi connectivity index (χ2n) is 6.28. The van der Waals surface area contributed by atoms with Crippen LogP contribution in [0, 0.1) is 0 Å². The maximum atomic E-state index is 12.1. The molecule has 1 N–H and O–H groups in total. The van der Waals surface area contributed by atoms with Gasteiger partial charge in [0.25, 0.3) is 10.0 Å². The van der Waals surface area contributed by atoms with E-state index in [-0.39, 0.29) is 5.75 Å². The van der Waals surface area contributed by atoms with Crippen molar-refractivity contribution in [2.45, 2.75) is 25.1 Å². The molecule has 1 aliphatic heterocycles. The molecule has 5 nitrogen and oxygen atoms in total. The van der Waals surface area contributed by atoms with E-state index in [0.29, 0.717) is 0 Å². The highest BCUT2D eigenvalue weighted by atomic mass is 32.2. The van der Waals surface area contributed by atoms with Gasteiger partial charge in [-0.3, -0.25) is 4.90 Å². The van der Waals surface area contributed by atoms with Crippen molar-refractivity contribution in [3.05, 3.63) is 71.8 Å². The Labute approximate surface area is 149 Å². The summed E-state index contributed by atoms with van der Waals surface area (Å²) in [5, 5.41) is 4.14. The molecule has 1 saturated heterocycles. The van der Waals surface area contributed by atoms with Gasteiger partial charge in [-0.25, -0.2) is 13.2 Å². The first-order valence-electron chi connectivity index (χ1n) is 8.46. The second kappa shape index (κ2) is 8.27. The fourth-order valence-corrected chi connectivity index (χ4v) is 3.85. The van der Waals surface area contributed by atoms with Gasteiger partial charge in [0.15, 0.2) is 0 Å². The first-order valence-corrected chi connectivity index (χ1v) is 10.1. The molecule has 1 fully saturated rings. The average molecular weight is 357 g/mol. The molecule has 0 spiro atoms. The molecule has 0 saturated carbocycles. The monoisotopic (exact) mass is 357 g/mol. The Morgan fingerprint density at radius 1 is 0.880 bits per heavy atom. The van der Waals surface area contributed by atoms with Crippen LogP contribution in [-0.4, -0.2) is 32.1 Å². The highest BCUT2D eigenvalue weighted by molar-refractivity contribution is 7.88. The number of benzene rings is 2. The van der Waals surface area contributed by atoms with Gasteiger partial charge >= 0.3 is 0 Å². The summed E-state index contributed by atoms with van der Waals surface area (Å²) >= 11 is 0. The predicted molar refractivity (Wildman–Crippen MR) is 101 cm³/mol. The van der Waals surface area contributed by atoms with Gasteiger partial charge in [-0.2, -0.15) is 5.10 Å². The number of nitrogens with zero attached hydrogens (tertiary/aromatic N) is 2. The number of hydrazone groups is 1. The molecule has 1 heterocycles. The molecule has 3 rings (SSSR count). The Morgan fingerprint density at radius 3 is 2.04 bits per heavy atom. The summed E-state index contributed by atoms with van der Waals surface area (Å²) in [7, 11) is -3.45. The molecule has 0 aromatic heterocycles. The minimum absolute atomic E-state index is 0.0508. The summed E-state index contributed by atoms with van der Waals surface area (Å²) in [6.07, 6.45) is 1.58. The van der Waals surface area contributed by atoms with Gasteiger partial charge in [0.05, 0.1) is 5.75 Å². The Bertz CT molecular complexity index is 795. The molecular formula is C19H23N3O2S. The molecule has 132 valence electrons. The molecule has 0 amide bonds. The molecule has 6 heteroatoms. The fourth-order valence-electron chi connectivity index (χ4n) is 2.88. The van der Waals surface area contributed by atoms with Crippen molar-refractivity contribution >= 4 is 15.7 Å². The zero-order chi connectivity index (χ0) is 17.5. The van der Waals surface area contributed by atoms with Crippen LogP contribution in [0.5, 0.6) is 0 Å². The zero-order valence-electron chi connectivity index (χ0n) is 14.1. The summed E-state index contributed by atoms with van der Waals surface area (Å²) in [6, 6.07) is 19.5. The van der Waals surface area contributed by atoms with Crippen molar-refractivity contribution in [2.24, 2.45) is 5.10 Å². The van der Waals surface area contributed by atoms with E-state index in [4.69, 9.17) is 0 Å². The third kappa shape index (κ3) is 5.69. The average Bonchev–Trinajstić information content (AvgIpc) is 2.63. The Morgan fingerprint density at radius 2 is 1.44 bits per heavy atom. The number of rotatable bonds is 6. The van der Waals surface area contributed by atoms with Crippen molar-refractivity contribution in [3.8, 4) is 0 Å². The second-order valence-corrected chi connectivity index (χ2v) is 7.98. The van der Waals surface area contributed by atoms with Crippen LogP contribution in [0.3, 0.4) is 0 Å². The molecule has 2 aromatic carbocycles. The highest BCUT2D eigenvalue weighted by Crippen LogP contribution is 2.12. The first kappa shape index (κ1) is 17.6. The molecule has 2 aromatic rings. The van der Waals surface area contributed by atoms with Gasteiger partial charge in [0.2, 0.25) is 0 Å². The lowest BCUT2D eigenvalue weighted by molar-refractivity contribution is 0.266. The predicted octanol–water partition coefficient (Wildman–Crippen LogP) is 2.76. The van der Waals surface area contributed by atoms with Crippen LogP contribution in [0.25, 0.3) is 0 Å². The number of hydrogen-bond donors (Lipinski definition) is 1. The minimum atomic E-state index is -3.45. The van der Waals surface area contributed by atoms with Crippen LogP contribution in [0.2, 0.25) is 0 Å². The summed E-state index contributed by atoms with van der Waals surface area (Å²) in [6.45, 7) is 2.72. The maximum Gasteiger partial charge on any atom is 0.251 e. The largest absolute Gasteiger partial charge is 0.298 e. The number of nitrogens with one attached hydrogen (secondary N) is 1. The van der Waals surface area contributed by atoms with E-state index in [2.05, 4.69) is 27.0 Å². The van der Waals surface area contributed by atoms with Gasteiger partial charge in [-0.05, 0) is 11.1 Å². The summed E-state index contributed by atoms with van der Waals surface area (Å²) < 4.78 is 24.2. The molecule has 25 heavy (non-hydrogen) atoms. The van der Waals surface area contributed by atoms with Gasteiger partial charge in [0.1, 0.15) is 0 Å². The van der Waals surface area contributed by atoms with Crippen LogP contribution in [0.15, 0.2) is 65.8 Å².